The minimum absolute atomic E-state index is 0.00217. The standard InChI is InChI=1S/C30H31BrN2O4/c1-20-17-23(13-14-25(20)37-19-21-9-5-4-6-10-21)28(34)26-27(22-11-7-12-24(31)18-22)33(30(36)29(26)35)16-8-15-32(2)3/h4-7,9-14,17-18,27,34H,8,15-16,19H2,1-3H3. The number of rotatable bonds is 9. The van der Waals surface area contributed by atoms with E-state index in [1.54, 1.807) is 23.1 Å². The lowest BCUT2D eigenvalue weighted by Crippen LogP contribution is -3.05. The van der Waals surface area contributed by atoms with E-state index >= 15 is 0 Å². The Hall–Kier alpha value is -3.42. The molecule has 0 aliphatic carbocycles. The molecular formula is C30H31BrN2O4. The highest BCUT2D eigenvalue weighted by molar-refractivity contribution is 9.10. The van der Waals surface area contributed by atoms with Gasteiger partial charge in [0.1, 0.15) is 12.4 Å². The maximum Gasteiger partial charge on any atom is 0.295 e. The molecule has 1 N–H and O–H groups in total. The monoisotopic (exact) mass is 562 g/mol. The van der Waals surface area contributed by atoms with Crippen molar-refractivity contribution in [2.45, 2.75) is 26.0 Å². The third-order valence-corrected chi connectivity index (χ3v) is 6.94. The van der Waals surface area contributed by atoms with Gasteiger partial charge in [0.15, 0.2) is 0 Å². The highest BCUT2D eigenvalue weighted by Gasteiger charge is 2.44. The molecule has 6 nitrogen and oxygen atoms in total. The molecule has 0 saturated carbocycles. The number of halogens is 1. The van der Waals surface area contributed by atoms with E-state index in [9.17, 15) is 14.7 Å². The predicted octanol–water partition coefficient (Wildman–Crippen LogP) is 3.10. The first-order valence-corrected chi connectivity index (χ1v) is 13.1. The van der Waals surface area contributed by atoms with Gasteiger partial charge in [-0.3, -0.25) is 9.59 Å². The number of benzene rings is 3. The van der Waals surface area contributed by atoms with Crippen LogP contribution in [0.1, 0.15) is 34.7 Å². The summed E-state index contributed by atoms with van der Waals surface area (Å²) in [5.41, 5.74) is 2.91. The molecule has 0 bridgehead atoms. The van der Waals surface area contributed by atoms with E-state index < -0.39 is 23.5 Å². The van der Waals surface area contributed by atoms with Gasteiger partial charge < -0.3 is 19.6 Å². The van der Waals surface area contributed by atoms with E-state index in [-0.39, 0.29) is 5.57 Å². The molecular weight excluding hydrogens is 532 g/mol. The summed E-state index contributed by atoms with van der Waals surface area (Å²) in [5, 5.41) is 13.7. The second-order valence-electron chi connectivity index (χ2n) is 9.59. The van der Waals surface area contributed by atoms with Crippen molar-refractivity contribution in [2.24, 2.45) is 0 Å². The molecule has 1 atom stereocenters. The van der Waals surface area contributed by atoms with Gasteiger partial charge in [0.2, 0.25) is 5.78 Å². The van der Waals surface area contributed by atoms with E-state index in [1.807, 2.05) is 75.6 Å². The Morgan fingerprint density at radius 2 is 1.78 bits per heavy atom. The van der Waals surface area contributed by atoms with Gasteiger partial charge in [0, 0.05) is 23.0 Å². The Morgan fingerprint density at radius 3 is 2.46 bits per heavy atom. The minimum atomic E-state index is -0.728. The van der Waals surface area contributed by atoms with E-state index in [0.717, 1.165) is 34.1 Å². The van der Waals surface area contributed by atoms with E-state index in [0.29, 0.717) is 24.5 Å². The zero-order valence-electron chi connectivity index (χ0n) is 21.3. The lowest BCUT2D eigenvalue weighted by molar-refractivity contribution is -0.858. The number of amides is 1. The van der Waals surface area contributed by atoms with E-state index in [2.05, 4.69) is 15.9 Å². The van der Waals surface area contributed by atoms with Gasteiger partial charge in [0.25, 0.3) is 5.91 Å². The number of ether oxygens (including phenoxy) is 1. The first-order chi connectivity index (χ1) is 17.8. The predicted molar refractivity (Wildman–Crippen MR) is 145 cm³/mol. The summed E-state index contributed by atoms with van der Waals surface area (Å²) in [7, 11) is 4.08. The summed E-state index contributed by atoms with van der Waals surface area (Å²) in [6.07, 6.45) is 0.722. The van der Waals surface area contributed by atoms with Crippen LogP contribution in [-0.4, -0.2) is 43.8 Å². The van der Waals surface area contributed by atoms with Crippen molar-refractivity contribution in [3.8, 4) is 5.75 Å². The van der Waals surface area contributed by atoms with Crippen molar-refractivity contribution in [1.29, 1.82) is 0 Å². The molecule has 1 saturated heterocycles. The van der Waals surface area contributed by atoms with Gasteiger partial charge in [-0.15, -0.1) is 0 Å². The minimum Gasteiger partial charge on any atom is -0.872 e. The van der Waals surface area contributed by atoms with Crippen LogP contribution >= 0.6 is 15.9 Å². The number of Topliss-reactive ketones (excluding diaryl/α,β-unsaturated/α-hetero) is 1. The van der Waals surface area contributed by atoms with Crippen molar-refractivity contribution < 1.29 is 24.3 Å². The summed E-state index contributed by atoms with van der Waals surface area (Å²) in [4.78, 5) is 29.1. The Morgan fingerprint density at radius 1 is 1.03 bits per heavy atom. The van der Waals surface area contributed by atoms with Crippen molar-refractivity contribution in [1.82, 2.24) is 4.90 Å². The number of ketones is 1. The third kappa shape index (κ3) is 6.12. The zero-order valence-corrected chi connectivity index (χ0v) is 22.9. The molecule has 0 radical (unpaired) electrons. The molecule has 1 heterocycles. The normalized spacial score (nSPS) is 17.0. The van der Waals surface area contributed by atoms with Crippen molar-refractivity contribution in [3.63, 3.8) is 0 Å². The average molecular weight is 563 g/mol. The number of quaternary nitrogens is 1. The Kier molecular flexibility index (Phi) is 8.46. The molecule has 37 heavy (non-hydrogen) atoms. The summed E-state index contributed by atoms with van der Waals surface area (Å²) >= 11 is 3.48. The number of nitrogens with one attached hydrogen (secondary N) is 1. The first-order valence-electron chi connectivity index (χ1n) is 12.3. The van der Waals surface area contributed by atoms with Gasteiger partial charge in [-0.2, -0.15) is 0 Å². The third-order valence-electron chi connectivity index (χ3n) is 6.44. The Labute approximate surface area is 226 Å². The molecule has 0 aromatic heterocycles. The highest BCUT2D eigenvalue weighted by atomic mass is 79.9. The van der Waals surface area contributed by atoms with Crippen molar-refractivity contribution in [3.05, 3.63) is 105 Å². The summed E-state index contributed by atoms with van der Waals surface area (Å²) in [6, 6.07) is 21.7. The van der Waals surface area contributed by atoms with Crippen LogP contribution in [0.3, 0.4) is 0 Å². The number of carbonyl (C=O) groups is 2. The van der Waals surface area contributed by atoms with Crippen molar-refractivity contribution >= 4 is 33.4 Å². The quantitative estimate of drug-likeness (QED) is 0.247. The van der Waals surface area contributed by atoms with Crippen molar-refractivity contribution in [2.75, 3.05) is 27.2 Å². The lowest BCUT2D eigenvalue weighted by atomic mass is 9.94. The van der Waals surface area contributed by atoms with Gasteiger partial charge in [0.05, 0.1) is 26.7 Å². The number of carbonyl (C=O) groups excluding carboxylic acids is 2. The maximum absolute atomic E-state index is 13.7. The smallest absolute Gasteiger partial charge is 0.295 e. The summed E-state index contributed by atoms with van der Waals surface area (Å²) in [6.45, 7) is 3.52. The fourth-order valence-corrected chi connectivity index (χ4v) is 4.99. The molecule has 4 rings (SSSR count). The first kappa shape index (κ1) is 26.6. The van der Waals surface area contributed by atoms with Gasteiger partial charge >= 0.3 is 0 Å². The topological polar surface area (TPSA) is 74.1 Å². The fourth-order valence-electron chi connectivity index (χ4n) is 4.57. The fraction of sp³-hybridized carbons (Fsp3) is 0.267. The van der Waals surface area contributed by atoms with E-state index in [1.165, 1.54) is 4.90 Å². The second kappa shape index (κ2) is 11.8. The van der Waals surface area contributed by atoms with Crippen LogP contribution in [-0.2, 0) is 16.2 Å². The molecule has 1 amide bonds. The molecule has 7 heteroatoms. The van der Waals surface area contributed by atoms with Crippen LogP contribution in [0.15, 0.2) is 82.8 Å². The van der Waals surface area contributed by atoms with Crippen LogP contribution in [0.2, 0.25) is 0 Å². The van der Waals surface area contributed by atoms with Crippen LogP contribution in [0, 0.1) is 6.92 Å². The van der Waals surface area contributed by atoms with E-state index in [4.69, 9.17) is 4.74 Å². The molecule has 1 unspecified atom stereocenters. The number of hydrogen-bond donors (Lipinski definition) is 1. The van der Waals surface area contributed by atoms with Crippen LogP contribution in [0.5, 0.6) is 5.75 Å². The molecule has 0 spiro atoms. The van der Waals surface area contributed by atoms with Gasteiger partial charge in [-0.1, -0.05) is 70.2 Å². The summed E-state index contributed by atoms with van der Waals surface area (Å²) < 4.78 is 6.77. The average Bonchev–Trinajstić information content (AvgIpc) is 3.13. The molecule has 3 aromatic rings. The summed E-state index contributed by atoms with van der Waals surface area (Å²) in [5.74, 6) is -1.12. The van der Waals surface area contributed by atoms with Gasteiger partial charge in [-0.05, 0) is 53.4 Å². The number of aryl methyl sites for hydroxylation is 1. The highest BCUT2D eigenvalue weighted by Crippen LogP contribution is 2.39. The van der Waals surface area contributed by atoms with Gasteiger partial charge in [-0.25, -0.2) is 0 Å². The zero-order chi connectivity index (χ0) is 26.5. The van der Waals surface area contributed by atoms with Crippen LogP contribution in [0.4, 0.5) is 0 Å². The molecule has 1 aliphatic heterocycles. The van der Waals surface area contributed by atoms with Crippen LogP contribution in [0.25, 0.3) is 5.76 Å². The van der Waals surface area contributed by atoms with Crippen LogP contribution < -0.4 is 14.7 Å². The Balaban J connectivity index is 1.68. The number of likely N-dealkylation sites (tertiary alicyclic amines) is 1. The molecule has 1 fully saturated rings. The second-order valence-corrected chi connectivity index (χ2v) is 10.5. The lowest BCUT2D eigenvalue weighted by Gasteiger charge is -2.28. The molecule has 3 aromatic carbocycles. The number of hydrogen-bond acceptors (Lipinski definition) is 4. The Bertz CT molecular complexity index is 1320. The number of nitrogens with zero attached hydrogens (tertiary/aromatic N) is 1. The molecule has 192 valence electrons. The molecule has 1 aliphatic rings. The maximum atomic E-state index is 13.7. The largest absolute Gasteiger partial charge is 0.872 e. The SMILES string of the molecule is Cc1cc(C([O-])=C2C(=O)C(=O)N(CCC[NH+](C)C)C2c2cccc(Br)c2)ccc1OCc1ccccc1.